The number of benzene rings is 1. The van der Waals surface area contributed by atoms with Crippen LogP contribution < -0.4 is 5.32 Å². The lowest BCUT2D eigenvalue weighted by molar-refractivity contribution is -0.141. The Bertz CT molecular complexity index is 1250. The van der Waals surface area contributed by atoms with Crippen LogP contribution in [0.2, 0.25) is 5.02 Å². The highest BCUT2D eigenvalue weighted by Gasteiger charge is 2.25. The Hall–Kier alpha value is -3.65. The van der Waals surface area contributed by atoms with Crippen molar-refractivity contribution < 1.29 is 23.3 Å². The van der Waals surface area contributed by atoms with Crippen LogP contribution in [-0.4, -0.2) is 29.1 Å². The van der Waals surface area contributed by atoms with Gasteiger partial charge in [-0.3, -0.25) is 9.59 Å². The van der Waals surface area contributed by atoms with Gasteiger partial charge in [0.25, 0.3) is 11.6 Å². The number of nitrogens with one attached hydrogen (secondary N) is 1. The number of fused-ring (bicyclic) bond motifs is 1. The lowest BCUT2D eigenvalue weighted by atomic mass is 10.0. The van der Waals surface area contributed by atoms with E-state index in [0.717, 1.165) is 0 Å². The van der Waals surface area contributed by atoms with Gasteiger partial charge in [0.2, 0.25) is 0 Å². The third kappa shape index (κ3) is 4.15. The summed E-state index contributed by atoms with van der Waals surface area (Å²) in [6.45, 7) is 1.72. The predicted octanol–water partition coefficient (Wildman–Crippen LogP) is 4.48. The van der Waals surface area contributed by atoms with Crippen LogP contribution in [0.5, 0.6) is 0 Å². The van der Waals surface area contributed by atoms with Crippen LogP contribution in [0.4, 0.5) is 0 Å². The van der Waals surface area contributed by atoms with E-state index in [4.69, 9.17) is 25.3 Å². The van der Waals surface area contributed by atoms with Gasteiger partial charge in [-0.1, -0.05) is 35.0 Å². The van der Waals surface area contributed by atoms with Crippen molar-refractivity contribution in [2.75, 3.05) is 7.11 Å². The first-order valence-corrected chi connectivity index (χ1v) is 9.78. The Morgan fingerprint density at radius 3 is 2.74 bits per heavy atom. The maximum absolute atomic E-state index is 13.4. The number of aromatic nitrogens is 2. The van der Waals surface area contributed by atoms with Gasteiger partial charge in [-0.2, -0.15) is 0 Å². The molecule has 3 aromatic heterocycles. The molecule has 0 radical (unpaired) electrons. The Morgan fingerprint density at radius 1 is 1.23 bits per heavy atom. The van der Waals surface area contributed by atoms with Crippen molar-refractivity contribution in [2.45, 2.75) is 19.4 Å². The van der Waals surface area contributed by atoms with Gasteiger partial charge in [-0.15, -0.1) is 0 Å². The molecule has 4 rings (SSSR count). The van der Waals surface area contributed by atoms with E-state index in [2.05, 4.69) is 15.5 Å². The summed E-state index contributed by atoms with van der Waals surface area (Å²) in [5.74, 6) is -0.454. The fraction of sp³-hybridized carbons (Fsp3) is 0.182. The van der Waals surface area contributed by atoms with Gasteiger partial charge in [0, 0.05) is 5.02 Å². The number of furan rings is 1. The first-order valence-electron chi connectivity index (χ1n) is 9.41. The summed E-state index contributed by atoms with van der Waals surface area (Å²) in [4.78, 5) is 29.8. The number of amides is 1. The third-order valence-corrected chi connectivity index (χ3v) is 5.16. The van der Waals surface area contributed by atoms with E-state index in [0.29, 0.717) is 33.1 Å². The maximum atomic E-state index is 13.4. The van der Waals surface area contributed by atoms with Crippen molar-refractivity contribution in [3.8, 4) is 11.5 Å². The number of methoxy groups -OCH3 is 1. The lowest BCUT2D eigenvalue weighted by Crippen LogP contribution is -2.31. The summed E-state index contributed by atoms with van der Waals surface area (Å²) in [5, 5.41) is 7.72. The van der Waals surface area contributed by atoms with Crippen LogP contribution in [0.15, 0.2) is 57.7 Å². The molecule has 0 saturated carbocycles. The molecule has 0 aliphatic rings. The number of ether oxygens (including phenoxy) is 1. The number of hydrogen-bond acceptors (Lipinski definition) is 7. The first kappa shape index (κ1) is 20.6. The van der Waals surface area contributed by atoms with E-state index in [1.807, 2.05) is 0 Å². The van der Waals surface area contributed by atoms with E-state index >= 15 is 0 Å². The highest BCUT2D eigenvalue weighted by atomic mass is 35.5. The van der Waals surface area contributed by atoms with Crippen LogP contribution in [0.3, 0.4) is 0 Å². The van der Waals surface area contributed by atoms with Crippen LogP contribution in [-0.2, 0) is 9.53 Å². The van der Waals surface area contributed by atoms with E-state index in [1.165, 1.54) is 13.4 Å². The van der Waals surface area contributed by atoms with Gasteiger partial charge in [-0.25, -0.2) is 4.98 Å². The molecular weight excluding hydrogens is 422 g/mol. The average Bonchev–Trinajstić information content (AvgIpc) is 3.43. The Morgan fingerprint density at radius 2 is 2.03 bits per heavy atom. The molecule has 158 valence electrons. The summed E-state index contributed by atoms with van der Waals surface area (Å²) in [5.41, 5.74) is 2.03. The molecule has 31 heavy (non-hydrogen) atoms. The van der Waals surface area contributed by atoms with Crippen LogP contribution in [0, 0.1) is 6.92 Å². The van der Waals surface area contributed by atoms with Crippen molar-refractivity contribution in [2.24, 2.45) is 0 Å². The molecule has 1 aromatic carbocycles. The van der Waals surface area contributed by atoms with Crippen LogP contribution in [0.1, 0.15) is 34.1 Å². The Labute approximate surface area is 182 Å². The lowest BCUT2D eigenvalue weighted by Gasteiger charge is -2.19. The van der Waals surface area contributed by atoms with E-state index in [1.54, 1.807) is 49.4 Å². The topological polar surface area (TPSA) is 107 Å². The highest BCUT2D eigenvalue weighted by Crippen LogP contribution is 2.29. The minimum absolute atomic E-state index is 0.0894. The first-order chi connectivity index (χ1) is 15.0. The molecule has 0 bridgehead atoms. The summed E-state index contributed by atoms with van der Waals surface area (Å²) < 4.78 is 15.5. The molecule has 3 heterocycles. The minimum Gasteiger partial charge on any atom is -0.469 e. The summed E-state index contributed by atoms with van der Waals surface area (Å²) >= 11 is 6.32. The minimum atomic E-state index is -0.705. The molecule has 0 fully saturated rings. The van der Waals surface area contributed by atoms with Crippen molar-refractivity contribution in [3.05, 3.63) is 70.6 Å². The van der Waals surface area contributed by atoms with Gasteiger partial charge >= 0.3 is 5.97 Å². The maximum Gasteiger partial charge on any atom is 0.307 e. The van der Waals surface area contributed by atoms with Crippen LogP contribution in [0.25, 0.3) is 22.6 Å². The zero-order valence-electron chi connectivity index (χ0n) is 16.7. The Balaban J connectivity index is 1.76. The average molecular weight is 440 g/mol. The van der Waals surface area contributed by atoms with Gasteiger partial charge in [0.1, 0.15) is 5.69 Å². The zero-order valence-corrected chi connectivity index (χ0v) is 17.5. The molecule has 1 amide bonds. The molecule has 0 aliphatic carbocycles. The van der Waals surface area contributed by atoms with E-state index in [-0.39, 0.29) is 17.7 Å². The molecule has 4 aromatic rings. The molecule has 1 unspecified atom stereocenters. The highest BCUT2D eigenvalue weighted by molar-refractivity contribution is 6.31. The third-order valence-electron chi connectivity index (χ3n) is 4.82. The second-order valence-corrected chi connectivity index (χ2v) is 7.22. The Kier molecular flexibility index (Phi) is 5.73. The standard InChI is InChI=1S/C22H18ClN3O5/c1-12-20-14(10-17(18-8-5-9-30-18)25-22(20)31-26-12)21(28)24-16(11-19(27)29-2)13-6-3-4-7-15(13)23/h3-10,16H,11H2,1-2H3,(H,24,28). The fourth-order valence-corrected chi connectivity index (χ4v) is 3.57. The number of halogens is 1. The largest absolute Gasteiger partial charge is 0.469 e. The molecular formula is C22H18ClN3O5. The predicted molar refractivity (Wildman–Crippen MR) is 113 cm³/mol. The number of nitrogens with zero attached hydrogens (tertiary/aromatic N) is 2. The van der Waals surface area contributed by atoms with Crippen molar-refractivity contribution in [1.82, 2.24) is 15.5 Å². The summed E-state index contributed by atoms with van der Waals surface area (Å²) in [6.07, 6.45) is 1.42. The van der Waals surface area contributed by atoms with Crippen molar-refractivity contribution >= 4 is 34.6 Å². The number of esters is 1. The van der Waals surface area contributed by atoms with Crippen molar-refractivity contribution in [1.29, 1.82) is 0 Å². The fourth-order valence-electron chi connectivity index (χ4n) is 3.31. The molecule has 1 atom stereocenters. The van der Waals surface area contributed by atoms with Crippen LogP contribution >= 0.6 is 11.6 Å². The smallest absolute Gasteiger partial charge is 0.307 e. The van der Waals surface area contributed by atoms with E-state index in [9.17, 15) is 9.59 Å². The second-order valence-electron chi connectivity index (χ2n) is 6.81. The number of carbonyl (C=O) groups excluding carboxylic acids is 2. The zero-order chi connectivity index (χ0) is 22.0. The summed E-state index contributed by atoms with van der Waals surface area (Å²) in [6, 6.07) is 11.3. The van der Waals surface area contributed by atoms with Gasteiger partial charge in [-0.05, 0) is 36.8 Å². The number of aryl methyl sites for hydroxylation is 1. The number of hydrogen-bond donors (Lipinski definition) is 1. The second kappa shape index (κ2) is 8.61. The molecule has 0 aliphatic heterocycles. The van der Waals surface area contributed by atoms with Gasteiger partial charge < -0.3 is 19.0 Å². The SMILES string of the molecule is COC(=O)CC(NC(=O)c1cc(-c2ccco2)nc2onc(C)c12)c1ccccc1Cl. The monoisotopic (exact) mass is 439 g/mol. The molecule has 1 N–H and O–H groups in total. The van der Waals surface area contributed by atoms with Crippen molar-refractivity contribution in [3.63, 3.8) is 0 Å². The quantitative estimate of drug-likeness (QED) is 0.441. The number of pyridine rings is 1. The molecule has 9 heteroatoms. The molecule has 0 spiro atoms. The molecule has 0 saturated heterocycles. The summed E-state index contributed by atoms with van der Waals surface area (Å²) in [7, 11) is 1.29. The molecule has 8 nitrogen and oxygen atoms in total. The van der Waals surface area contributed by atoms with Gasteiger partial charge in [0.05, 0.1) is 42.5 Å². The van der Waals surface area contributed by atoms with Gasteiger partial charge in [0.15, 0.2) is 5.76 Å². The number of carbonyl (C=O) groups is 2. The van der Waals surface area contributed by atoms with E-state index < -0.39 is 17.9 Å². The normalized spacial score (nSPS) is 12.0. The number of rotatable bonds is 6.